The predicted octanol–water partition coefficient (Wildman–Crippen LogP) is 4.70. The Balaban J connectivity index is 1.75. The Bertz CT molecular complexity index is 885. The van der Waals surface area contributed by atoms with E-state index in [1.165, 1.54) is 29.7 Å². The highest BCUT2D eigenvalue weighted by Gasteiger charge is 2.15. The first-order valence-electron chi connectivity index (χ1n) is 9.48. The fourth-order valence-electron chi connectivity index (χ4n) is 3.42. The molecular weight excluding hydrogens is 334 g/mol. The van der Waals surface area contributed by atoms with Crippen molar-refractivity contribution in [1.82, 2.24) is 0 Å². The highest BCUT2D eigenvalue weighted by molar-refractivity contribution is 6.09. The molecule has 1 fully saturated rings. The van der Waals surface area contributed by atoms with Crippen molar-refractivity contribution in [3.8, 4) is 6.07 Å². The molecule has 138 valence electrons. The fraction of sp³-hybridized carbons (Fsp3) is 0.304. The Morgan fingerprint density at radius 3 is 2.48 bits per heavy atom. The van der Waals surface area contributed by atoms with E-state index in [1.807, 2.05) is 42.5 Å². The average molecular weight is 359 g/mol. The van der Waals surface area contributed by atoms with Crippen LogP contribution in [0.15, 0.2) is 48.0 Å². The second-order valence-electron chi connectivity index (χ2n) is 6.91. The van der Waals surface area contributed by atoms with Gasteiger partial charge in [0.05, 0.1) is 0 Å². The number of nitriles is 1. The van der Waals surface area contributed by atoms with E-state index in [4.69, 9.17) is 0 Å². The lowest BCUT2D eigenvalue weighted by Crippen LogP contribution is -2.18. The summed E-state index contributed by atoms with van der Waals surface area (Å²) in [4.78, 5) is 14.8. The zero-order chi connectivity index (χ0) is 19.2. The highest BCUT2D eigenvalue weighted by atomic mass is 16.1. The van der Waals surface area contributed by atoms with E-state index >= 15 is 0 Å². The van der Waals surface area contributed by atoms with Gasteiger partial charge in [-0.25, -0.2) is 0 Å². The Labute approximate surface area is 161 Å². The summed E-state index contributed by atoms with van der Waals surface area (Å²) in [5, 5.41) is 12.2. The van der Waals surface area contributed by atoms with Gasteiger partial charge in [-0.15, -0.1) is 0 Å². The van der Waals surface area contributed by atoms with Crippen LogP contribution in [0.1, 0.15) is 36.5 Å². The summed E-state index contributed by atoms with van der Waals surface area (Å²) in [7, 11) is 0. The van der Waals surface area contributed by atoms with E-state index in [-0.39, 0.29) is 11.5 Å². The Kier molecular flexibility index (Phi) is 5.93. The summed E-state index contributed by atoms with van der Waals surface area (Å²) in [6.45, 7) is 6.35. The van der Waals surface area contributed by atoms with Crippen molar-refractivity contribution in [3.63, 3.8) is 0 Å². The molecule has 0 radical (unpaired) electrons. The van der Waals surface area contributed by atoms with Gasteiger partial charge < -0.3 is 10.2 Å². The van der Waals surface area contributed by atoms with Gasteiger partial charge in [-0.05, 0) is 73.2 Å². The number of rotatable bonds is 5. The minimum atomic E-state index is -0.386. The molecule has 0 aromatic heterocycles. The first-order chi connectivity index (χ1) is 13.1. The third-order valence-corrected chi connectivity index (χ3v) is 4.96. The van der Waals surface area contributed by atoms with E-state index in [1.54, 1.807) is 6.08 Å². The third-order valence-electron chi connectivity index (χ3n) is 4.96. The summed E-state index contributed by atoms with van der Waals surface area (Å²) in [5.74, 6) is -0.386. The molecule has 1 aliphatic heterocycles. The average Bonchev–Trinajstić information content (AvgIpc) is 3.21. The minimum absolute atomic E-state index is 0.0999. The lowest BCUT2D eigenvalue weighted by Gasteiger charge is -2.20. The number of benzene rings is 2. The van der Waals surface area contributed by atoms with Crippen LogP contribution in [0.3, 0.4) is 0 Å². The molecule has 2 aromatic carbocycles. The second-order valence-corrected chi connectivity index (χ2v) is 6.91. The van der Waals surface area contributed by atoms with Crippen LogP contribution in [0.5, 0.6) is 0 Å². The largest absolute Gasteiger partial charge is 0.371 e. The molecule has 1 aliphatic rings. The summed E-state index contributed by atoms with van der Waals surface area (Å²) in [5.41, 5.74) is 5.27. The van der Waals surface area contributed by atoms with Crippen molar-refractivity contribution in [3.05, 3.63) is 64.7 Å². The molecule has 0 saturated carbocycles. The summed E-state index contributed by atoms with van der Waals surface area (Å²) in [6.07, 6.45) is 5.07. The fourth-order valence-corrected chi connectivity index (χ4v) is 3.42. The van der Waals surface area contributed by atoms with Crippen molar-refractivity contribution in [2.24, 2.45) is 0 Å². The maximum absolute atomic E-state index is 12.5. The van der Waals surface area contributed by atoms with Gasteiger partial charge in [0.15, 0.2) is 0 Å². The first kappa shape index (κ1) is 18.7. The van der Waals surface area contributed by atoms with Gasteiger partial charge in [0.1, 0.15) is 11.6 Å². The molecule has 1 saturated heterocycles. The summed E-state index contributed by atoms with van der Waals surface area (Å²) >= 11 is 0. The molecule has 4 heteroatoms. The van der Waals surface area contributed by atoms with Gasteiger partial charge in [0.2, 0.25) is 0 Å². The van der Waals surface area contributed by atoms with Crippen LogP contribution < -0.4 is 10.2 Å². The standard InChI is InChI=1S/C23H25N3O/c1-3-18-6-9-21(10-7-18)25-23(27)20(16-24)15-19-8-11-22(17(2)14-19)26-12-4-5-13-26/h6-11,14-15H,3-5,12-13H2,1-2H3,(H,25,27). The number of carbonyl (C=O) groups excluding carboxylic acids is 1. The monoisotopic (exact) mass is 359 g/mol. The van der Waals surface area contributed by atoms with E-state index in [9.17, 15) is 10.1 Å². The number of hydrogen-bond acceptors (Lipinski definition) is 3. The van der Waals surface area contributed by atoms with Gasteiger partial charge in [-0.1, -0.05) is 25.1 Å². The zero-order valence-electron chi connectivity index (χ0n) is 16.0. The highest BCUT2D eigenvalue weighted by Crippen LogP contribution is 2.26. The number of hydrogen-bond donors (Lipinski definition) is 1. The van der Waals surface area contributed by atoms with Crippen LogP contribution in [0.2, 0.25) is 0 Å². The van der Waals surface area contributed by atoms with E-state index in [0.717, 1.165) is 25.1 Å². The molecule has 3 rings (SSSR count). The molecule has 0 aliphatic carbocycles. The van der Waals surface area contributed by atoms with Gasteiger partial charge >= 0.3 is 0 Å². The first-order valence-corrected chi connectivity index (χ1v) is 9.48. The Morgan fingerprint density at radius 2 is 1.89 bits per heavy atom. The number of anilines is 2. The Morgan fingerprint density at radius 1 is 1.19 bits per heavy atom. The molecule has 2 aromatic rings. The number of nitrogens with one attached hydrogen (secondary N) is 1. The molecule has 0 spiro atoms. The maximum atomic E-state index is 12.5. The van der Waals surface area contributed by atoms with Crippen molar-refractivity contribution in [1.29, 1.82) is 5.26 Å². The maximum Gasteiger partial charge on any atom is 0.266 e. The van der Waals surface area contributed by atoms with Gasteiger partial charge in [-0.3, -0.25) is 4.79 Å². The Hall–Kier alpha value is -3.06. The predicted molar refractivity (Wildman–Crippen MR) is 111 cm³/mol. The molecule has 27 heavy (non-hydrogen) atoms. The molecule has 1 heterocycles. The van der Waals surface area contributed by atoms with Crippen molar-refractivity contribution >= 4 is 23.4 Å². The smallest absolute Gasteiger partial charge is 0.266 e. The lowest BCUT2D eigenvalue weighted by molar-refractivity contribution is -0.112. The molecular formula is C23H25N3O. The van der Waals surface area contributed by atoms with Crippen LogP contribution in [0, 0.1) is 18.3 Å². The molecule has 4 nitrogen and oxygen atoms in total. The quantitative estimate of drug-likeness (QED) is 0.622. The molecule has 0 bridgehead atoms. The van der Waals surface area contributed by atoms with Gasteiger partial charge in [-0.2, -0.15) is 5.26 Å². The topological polar surface area (TPSA) is 56.1 Å². The number of amides is 1. The van der Waals surface area contributed by atoms with Crippen LogP contribution in [-0.2, 0) is 11.2 Å². The van der Waals surface area contributed by atoms with E-state index < -0.39 is 0 Å². The second kappa shape index (κ2) is 8.55. The molecule has 0 atom stereocenters. The van der Waals surface area contributed by atoms with Crippen LogP contribution in [0.25, 0.3) is 6.08 Å². The van der Waals surface area contributed by atoms with E-state index in [0.29, 0.717) is 5.69 Å². The van der Waals surface area contributed by atoms with Crippen LogP contribution >= 0.6 is 0 Å². The third kappa shape index (κ3) is 4.57. The minimum Gasteiger partial charge on any atom is -0.371 e. The molecule has 1 N–H and O–H groups in total. The normalized spacial score (nSPS) is 14.1. The van der Waals surface area contributed by atoms with E-state index in [2.05, 4.69) is 30.1 Å². The van der Waals surface area contributed by atoms with Gasteiger partial charge in [0.25, 0.3) is 5.91 Å². The lowest BCUT2D eigenvalue weighted by atomic mass is 10.1. The number of nitrogens with zero attached hydrogens (tertiary/aromatic N) is 2. The SMILES string of the molecule is CCc1ccc(NC(=O)C(C#N)=Cc2ccc(N3CCCC3)c(C)c2)cc1. The van der Waals surface area contributed by atoms with Gasteiger partial charge in [0, 0.05) is 24.5 Å². The van der Waals surface area contributed by atoms with Crippen LogP contribution in [-0.4, -0.2) is 19.0 Å². The summed E-state index contributed by atoms with van der Waals surface area (Å²) < 4.78 is 0. The molecule has 1 amide bonds. The molecule has 0 unspecified atom stereocenters. The van der Waals surface area contributed by atoms with Crippen molar-refractivity contribution in [2.45, 2.75) is 33.1 Å². The zero-order valence-corrected chi connectivity index (χ0v) is 16.0. The van der Waals surface area contributed by atoms with Crippen molar-refractivity contribution < 1.29 is 4.79 Å². The van der Waals surface area contributed by atoms with Crippen LogP contribution in [0.4, 0.5) is 11.4 Å². The summed E-state index contributed by atoms with van der Waals surface area (Å²) in [6, 6.07) is 15.8. The number of aryl methyl sites for hydroxylation is 2. The number of carbonyl (C=O) groups is 1. The van der Waals surface area contributed by atoms with Crippen molar-refractivity contribution in [2.75, 3.05) is 23.3 Å².